The Hall–Kier alpha value is -2.95. The number of hydrogen-bond acceptors (Lipinski definition) is 7. The van der Waals surface area contributed by atoms with Gasteiger partial charge in [0, 0.05) is 38.0 Å². The first-order valence-corrected chi connectivity index (χ1v) is 10.2. The smallest absolute Gasteiger partial charge is 0.383 e. The molecule has 0 aromatic carbocycles. The fourth-order valence-electron chi connectivity index (χ4n) is 3.94. The zero-order valence-electron chi connectivity index (χ0n) is 17.1. The average Bonchev–Trinajstić information content (AvgIpc) is 3.18. The highest BCUT2D eigenvalue weighted by atomic mass is 19.4. The Labute approximate surface area is 177 Å². The van der Waals surface area contributed by atoms with Crippen molar-refractivity contribution in [1.82, 2.24) is 24.6 Å². The first kappa shape index (κ1) is 21.3. The molecule has 0 amide bonds. The van der Waals surface area contributed by atoms with Crippen LogP contribution in [0.25, 0.3) is 5.65 Å². The summed E-state index contributed by atoms with van der Waals surface area (Å²) in [6.45, 7) is 0.474. The van der Waals surface area contributed by atoms with E-state index in [0.717, 1.165) is 43.4 Å². The van der Waals surface area contributed by atoms with Crippen LogP contribution in [0.15, 0.2) is 30.6 Å². The zero-order chi connectivity index (χ0) is 21.8. The van der Waals surface area contributed by atoms with Crippen LogP contribution < -0.4 is 10.6 Å². The maximum absolute atomic E-state index is 13.3. The average molecular weight is 435 g/mol. The third kappa shape index (κ3) is 4.87. The number of halogens is 3. The molecule has 2 N–H and O–H groups in total. The van der Waals surface area contributed by atoms with Gasteiger partial charge in [-0.25, -0.2) is 4.98 Å². The summed E-state index contributed by atoms with van der Waals surface area (Å²) in [5, 5.41) is 14.5. The summed E-state index contributed by atoms with van der Waals surface area (Å²) in [5.41, 5.74) is -0.101. The normalized spacial score (nSPS) is 19.5. The van der Waals surface area contributed by atoms with Crippen molar-refractivity contribution in [2.24, 2.45) is 0 Å². The highest BCUT2D eigenvalue weighted by Crippen LogP contribution is 2.35. The summed E-state index contributed by atoms with van der Waals surface area (Å²) in [7, 11) is 1.48. The monoisotopic (exact) mass is 435 g/mol. The quantitative estimate of drug-likeness (QED) is 0.547. The molecule has 0 aliphatic heterocycles. The number of nitrogens with zero attached hydrogens (tertiary/aromatic N) is 5. The zero-order valence-corrected chi connectivity index (χ0v) is 17.1. The van der Waals surface area contributed by atoms with Crippen LogP contribution in [0.5, 0.6) is 0 Å². The van der Waals surface area contributed by atoms with Crippen LogP contribution in [0.2, 0.25) is 0 Å². The molecular weight excluding hydrogens is 411 g/mol. The van der Waals surface area contributed by atoms with Gasteiger partial charge in [-0.2, -0.15) is 18.2 Å². The van der Waals surface area contributed by atoms with Crippen LogP contribution in [0, 0.1) is 0 Å². The van der Waals surface area contributed by atoms with Gasteiger partial charge in [-0.1, -0.05) is 12.5 Å². The highest BCUT2D eigenvalue weighted by molar-refractivity contribution is 5.49. The third-order valence-electron chi connectivity index (χ3n) is 5.41. The van der Waals surface area contributed by atoms with E-state index >= 15 is 0 Å². The molecular formula is C20H24F3N7O. The van der Waals surface area contributed by atoms with Gasteiger partial charge in [0.05, 0.1) is 6.61 Å². The van der Waals surface area contributed by atoms with E-state index in [1.165, 1.54) is 7.11 Å². The summed E-state index contributed by atoms with van der Waals surface area (Å²) in [6, 6.07) is 5.79. The molecule has 3 heterocycles. The number of hydrogen-bond donors (Lipinski definition) is 2. The van der Waals surface area contributed by atoms with Gasteiger partial charge >= 0.3 is 6.18 Å². The fourth-order valence-corrected chi connectivity index (χ4v) is 3.94. The van der Waals surface area contributed by atoms with E-state index in [1.807, 2.05) is 28.8 Å². The summed E-state index contributed by atoms with van der Waals surface area (Å²) in [4.78, 5) is 8.02. The van der Waals surface area contributed by atoms with Crippen molar-refractivity contribution in [3.05, 3.63) is 42.0 Å². The number of aromatic nitrogens is 5. The summed E-state index contributed by atoms with van der Waals surface area (Å²) >= 11 is 0. The number of methoxy groups -OCH3 is 1. The van der Waals surface area contributed by atoms with E-state index in [2.05, 4.69) is 30.8 Å². The molecule has 0 unspecified atom stereocenters. The van der Waals surface area contributed by atoms with Crippen molar-refractivity contribution in [1.29, 1.82) is 0 Å². The van der Waals surface area contributed by atoms with Crippen LogP contribution in [-0.4, -0.2) is 50.9 Å². The Kier molecular flexibility index (Phi) is 6.21. The van der Waals surface area contributed by atoms with Crippen LogP contribution in [0.1, 0.15) is 43.0 Å². The lowest BCUT2D eigenvalue weighted by atomic mass is 9.85. The number of alkyl halides is 3. The van der Waals surface area contributed by atoms with Gasteiger partial charge < -0.3 is 15.4 Å². The lowest BCUT2D eigenvalue weighted by molar-refractivity contribution is -0.137. The lowest BCUT2D eigenvalue weighted by Crippen LogP contribution is -2.28. The molecule has 1 saturated carbocycles. The fraction of sp³-hybridized carbons (Fsp3) is 0.500. The second-order valence-corrected chi connectivity index (χ2v) is 7.57. The van der Waals surface area contributed by atoms with Crippen LogP contribution in [-0.2, 0) is 10.9 Å². The SMILES string of the molecule is COCCNc1nc(N[C@@H]2CCC[C@H](c3nnc4ccccn34)C2)ncc1C(F)(F)F. The molecule has 0 bridgehead atoms. The second-order valence-electron chi connectivity index (χ2n) is 7.57. The number of rotatable bonds is 7. The van der Waals surface area contributed by atoms with Gasteiger partial charge in [0.1, 0.15) is 17.2 Å². The standard InChI is InChI=1S/C20H24F3N7O/c1-31-10-8-24-17-15(20(21,22)23)12-25-19(27-17)26-14-6-4-5-13(11-14)18-29-28-16-7-2-3-9-30(16)18/h2-3,7,9,12-14H,4-6,8,10-11H2,1H3,(H2,24,25,26,27)/t13-,14+/m0/s1. The first-order valence-electron chi connectivity index (χ1n) is 10.2. The van der Waals surface area contributed by atoms with Gasteiger partial charge in [0.2, 0.25) is 5.95 Å². The molecule has 166 valence electrons. The molecule has 11 heteroatoms. The molecule has 3 aromatic rings. The van der Waals surface area contributed by atoms with Crippen molar-refractivity contribution in [3.63, 3.8) is 0 Å². The predicted molar refractivity (Wildman–Crippen MR) is 109 cm³/mol. The van der Waals surface area contributed by atoms with E-state index in [4.69, 9.17) is 4.74 Å². The minimum absolute atomic E-state index is 0.0263. The molecule has 4 rings (SSSR count). The van der Waals surface area contributed by atoms with Crippen LogP contribution >= 0.6 is 0 Å². The van der Waals surface area contributed by atoms with E-state index in [0.29, 0.717) is 0 Å². The minimum Gasteiger partial charge on any atom is -0.383 e. The number of nitrogens with one attached hydrogen (secondary N) is 2. The van der Waals surface area contributed by atoms with E-state index < -0.39 is 11.7 Å². The largest absolute Gasteiger partial charge is 0.421 e. The molecule has 3 aromatic heterocycles. The number of anilines is 2. The van der Waals surface area contributed by atoms with Crippen molar-refractivity contribution < 1.29 is 17.9 Å². The summed E-state index contributed by atoms with van der Waals surface area (Å²) in [6.07, 6.45) is 1.81. The van der Waals surface area contributed by atoms with E-state index in [9.17, 15) is 13.2 Å². The lowest BCUT2D eigenvalue weighted by Gasteiger charge is -2.29. The minimum atomic E-state index is -4.54. The number of ether oxygens (including phenoxy) is 1. The molecule has 0 saturated heterocycles. The van der Waals surface area contributed by atoms with E-state index in [1.54, 1.807) is 0 Å². The Balaban J connectivity index is 1.49. The summed E-state index contributed by atoms with van der Waals surface area (Å²) < 4.78 is 46.8. The molecule has 8 nitrogen and oxygen atoms in total. The first-order chi connectivity index (χ1) is 15.0. The molecule has 1 fully saturated rings. The second kappa shape index (κ2) is 9.04. The molecule has 1 aliphatic carbocycles. The van der Waals surface area contributed by atoms with Crippen molar-refractivity contribution in [2.75, 3.05) is 30.9 Å². The Bertz CT molecular complexity index is 1020. The van der Waals surface area contributed by atoms with Gasteiger partial charge in [0.25, 0.3) is 0 Å². The third-order valence-corrected chi connectivity index (χ3v) is 5.41. The Morgan fingerprint density at radius 2 is 2.10 bits per heavy atom. The summed E-state index contributed by atoms with van der Waals surface area (Å²) in [5.74, 6) is 1.01. The maximum Gasteiger partial charge on any atom is 0.421 e. The Morgan fingerprint density at radius 3 is 2.90 bits per heavy atom. The van der Waals surface area contributed by atoms with Crippen molar-refractivity contribution in [2.45, 2.75) is 43.8 Å². The van der Waals surface area contributed by atoms with Crippen LogP contribution in [0.3, 0.4) is 0 Å². The molecule has 31 heavy (non-hydrogen) atoms. The van der Waals surface area contributed by atoms with Crippen molar-refractivity contribution in [3.8, 4) is 0 Å². The topological polar surface area (TPSA) is 89.3 Å². The maximum atomic E-state index is 13.3. The van der Waals surface area contributed by atoms with Crippen molar-refractivity contribution >= 4 is 17.4 Å². The van der Waals surface area contributed by atoms with E-state index in [-0.39, 0.29) is 36.9 Å². The molecule has 1 aliphatic rings. The van der Waals surface area contributed by atoms with Gasteiger partial charge in [-0.05, 0) is 31.4 Å². The molecule has 0 spiro atoms. The number of pyridine rings is 1. The van der Waals surface area contributed by atoms with Gasteiger partial charge in [-0.15, -0.1) is 10.2 Å². The predicted octanol–water partition coefficient (Wildman–Crippen LogP) is 3.73. The van der Waals surface area contributed by atoms with Gasteiger partial charge in [0.15, 0.2) is 5.65 Å². The molecule has 0 radical (unpaired) electrons. The van der Waals surface area contributed by atoms with Gasteiger partial charge in [-0.3, -0.25) is 4.40 Å². The highest BCUT2D eigenvalue weighted by Gasteiger charge is 2.35. The Morgan fingerprint density at radius 1 is 1.23 bits per heavy atom. The molecule has 2 atom stereocenters. The van der Waals surface area contributed by atoms with Crippen LogP contribution in [0.4, 0.5) is 24.9 Å². The number of fused-ring (bicyclic) bond motifs is 1.